The lowest BCUT2D eigenvalue weighted by Gasteiger charge is -2.23. The van der Waals surface area contributed by atoms with Crippen molar-refractivity contribution in [2.75, 3.05) is 18.6 Å². The van der Waals surface area contributed by atoms with Gasteiger partial charge in [0.05, 0.1) is 31.6 Å². The second kappa shape index (κ2) is 6.45. The zero-order valence-electron chi connectivity index (χ0n) is 16.1. The van der Waals surface area contributed by atoms with E-state index in [1.807, 2.05) is 36.4 Å². The number of nitrogens with zero attached hydrogens (tertiary/aromatic N) is 2. The lowest BCUT2D eigenvalue weighted by Crippen LogP contribution is -2.44. The third-order valence-corrected chi connectivity index (χ3v) is 5.94. The Hall–Kier alpha value is -3.13. The second-order valence-electron chi connectivity index (χ2n) is 7.65. The number of hydrogen-bond donors (Lipinski definition) is 1. The Morgan fingerprint density at radius 1 is 1.41 bits per heavy atom. The summed E-state index contributed by atoms with van der Waals surface area (Å²) in [5.41, 5.74) is 0.0799. The Bertz CT molecular complexity index is 1020. The van der Waals surface area contributed by atoms with E-state index in [1.54, 1.807) is 25.0 Å². The van der Waals surface area contributed by atoms with Crippen LogP contribution in [0.2, 0.25) is 0 Å². The molecule has 1 spiro atoms. The van der Waals surface area contributed by atoms with Gasteiger partial charge in [0.1, 0.15) is 17.1 Å². The van der Waals surface area contributed by atoms with Crippen LogP contribution in [0.5, 0.6) is 5.75 Å². The van der Waals surface area contributed by atoms with E-state index in [0.717, 1.165) is 5.56 Å². The van der Waals surface area contributed by atoms with Crippen molar-refractivity contribution in [3.8, 4) is 5.75 Å². The van der Waals surface area contributed by atoms with Gasteiger partial charge in [0.25, 0.3) is 0 Å². The molecular weight excluding hydrogens is 374 g/mol. The van der Waals surface area contributed by atoms with E-state index in [1.165, 1.54) is 0 Å². The van der Waals surface area contributed by atoms with Gasteiger partial charge in [0, 0.05) is 18.2 Å². The van der Waals surface area contributed by atoms with E-state index in [4.69, 9.17) is 14.0 Å². The lowest BCUT2D eigenvalue weighted by atomic mass is 9.77. The zero-order valence-corrected chi connectivity index (χ0v) is 16.1. The number of rotatable bonds is 5. The average Bonchev–Trinajstić information content (AvgIpc) is 3.47. The molecule has 0 unspecified atom stereocenters. The summed E-state index contributed by atoms with van der Waals surface area (Å²) in [6.07, 6.45) is 3.40. The first-order valence-corrected chi connectivity index (χ1v) is 9.54. The highest BCUT2D eigenvalue weighted by Gasteiger charge is 2.67. The average molecular weight is 395 g/mol. The molecule has 1 N–H and O–H groups in total. The molecule has 4 atom stereocenters. The number of para-hydroxylation sites is 1. The number of carbonyl (C=O) groups excluding carboxylic acids is 2. The Morgan fingerprint density at radius 2 is 2.24 bits per heavy atom. The summed E-state index contributed by atoms with van der Waals surface area (Å²) in [4.78, 5) is 27.8. The molecule has 4 heterocycles. The van der Waals surface area contributed by atoms with E-state index in [2.05, 4.69) is 10.5 Å². The van der Waals surface area contributed by atoms with E-state index in [9.17, 15) is 9.59 Å². The number of carbonyl (C=O) groups is 2. The molecule has 150 valence electrons. The van der Waals surface area contributed by atoms with Gasteiger partial charge in [-0.05, 0) is 13.0 Å². The second-order valence-corrected chi connectivity index (χ2v) is 7.65. The molecular formula is C21H21N3O5. The number of benzene rings is 1. The van der Waals surface area contributed by atoms with Crippen molar-refractivity contribution >= 4 is 17.6 Å². The number of anilines is 1. The molecule has 2 saturated heterocycles. The van der Waals surface area contributed by atoms with Crippen molar-refractivity contribution in [1.82, 2.24) is 10.5 Å². The van der Waals surface area contributed by atoms with E-state index in [0.29, 0.717) is 30.4 Å². The maximum Gasteiger partial charge on any atom is 0.235 e. The maximum atomic E-state index is 13.2. The summed E-state index contributed by atoms with van der Waals surface area (Å²) >= 11 is 0. The summed E-state index contributed by atoms with van der Waals surface area (Å²) in [6, 6.07) is 9.22. The predicted octanol–water partition coefficient (Wildman–Crippen LogP) is 1.59. The molecule has 2 fully saturated rings. The number of ether oxygens (including phenoxy) is 2. The Morgan fingerprint density at radius 3 is 3.00 bits per heavy atom. The normalized spacial score (nSPS) is 29.4. The largest absolute Gasteiger partial charge is 0.496 e. The van der Waals surface area contributed by atoms with Crippen molar-refractivity contribution in [3.05, 3.63) is 53.8 Å². The van der Waals surface area contributed by atoms with Crippen molar-refractivity contribution in [2.45, 2.75) is 25.2 Å². The summed E-state index contributed by atoms with van der Waals surface area (Å²) in [5.74, 6) is 0.246. The van der Waals surface area contributed by atoms with Gasteiger partial charge in [0.15, 0.2) is 5.82 Å². The molecule has 5 rings (SSSR count). The molecule has 0 radical (unpaired) electrons. The first-order valence-electron chi connectivity index (χ1n) is 9.54. The van der Waals surface area contributed by atoms with Crippen LogP contribution < -0.4 is 15.0 Å². The molecule has 8 nitrogen and oxygen atoms in total. The Labute approximate surface area is 167 Å². The molecule has 0 aliphatic carbocycles. The molecule has 2 aromatic rings. The molecule has 3 aliphatic heterocycles. The lowest BCUT2D eigenvalue weighted by molar-refractivity contribution is -0.132. The highest BCUT2D eigenvalue weighted by molar-refractivity contribution is 6.02. The number of hydrogen-bond acceptors (Lipinski definition) is 6. The quantitative estimate of drug-likeness (QED) is 0.773. The van der Waals surface area contributed by atoms with Crippen LogP contribution in [0, 0.1) is 18.8 Å². The molecule has 2 bridgehead atoms. The van der Waals surface area contributed by atoms with Gasteiger partial charge in [-0.1, -0.05) is 35.5 Å². The van der Waals surface area contributed by atoms with Crippen LogP contribution in [0.25, 0.3) is 0 Å². The van der Waals surface area contributed by atoms with Crippen molar-refractivity contribution in [3.63, 3.8) is 0 Å². The van der Waals surface area contributed by atoms with Gasteiger partial charge < -0.3 is 19.3 Å². The van der Waals surface area contributed by atoms with Gasteiger partial charge in [-0.15, -0.1) is 0 Å². The highest BCUT2D eigenvalue weighted by Crippen LogP contribution is 2.52. The minimum absolute atomic E-state index is 0.164. The molecule has 0 saturated carbocycles. The zero-order chi connectivity index (χ0) is 20.2. The van der Waals surface area contributed by atoms with Crippen LogP contribution in [0.4, 0.5) is 5.82 Å². The monoisotopic (exact) mass is 395 g/mol. The predicted molar refractivity (Wildman–Crippen MR) is 102 cm³/mol. The molecule has 8 heteroatoms. The maximum absolute atomic E-state index is 13.2. The van der Waals surface area contributed by atoms with E-state index in [-0.39, 0.29) is 11.8 Å². The molecule has 1 aromatic carbocycles. The highest BCUT2D eigenvalue weighted by atomic mass is 16.5. The molecule has 3 aliphatic rings. The summed E-state index contributed by atoms with van der Waals surface area (Å²) < 4.78 is 16.6. The SMILES string of the molecule is COc1ccccc1CNC(=O)[C@@H]1[C@@H]2C=C[C@]3(CN(c4cc(C)on4)C(=O)[C@@H]13)O2. The standard InChI is InChI=1S/C21H21N3O5/c1-12-9-16(23-29-12)24-11-21-8-7-15(28-21)17(18(21)20(24)26)19(25)22-10-13-5-3-4-6-14(13)27-2/h3-9,15,17-18H,10-11H2,1-2H3,(H,22,25)/t15-,17+,18+,21+/m0/s1. The van der Waals surface area contributed by atoms with Gasteiger partial charge in [-0.25, -0.2) is 0 Å². The van der Waals surface area contributed by atoms with E-state index < -0.39 is 23.5 Å². The summed E-state index contributed by atoms with van der Waals surface area (Å²) in [7, 11) is 1.59. The van der Waals surface area contributed by atoms with Gasteiger partial charge in [-0.3, -0.25) is 14.5 Å². The number of aromatic nitrogens is 1. The first-order chi connectivity index (χ1) is 14.0. The van der Waals surface area contributed by atoms with Gasteiger partial charge in [-0.2, -0.15) is 0 Å². The van der Waals surface area contributed by atoms with Crippen LogP contribution in [0.1, 0.15) is 11.3 Å². The number of fused-ring (bicyclic) bond motifs is 1. The van der Waals surface area contributed by atoms with Crippen LogP contribution in [-0.2, 0) is 20.9 Å². The minimum Gasteiger partial charge on any atom is -0.496 e. The summed E-state index contributed by atoms with van der Waals surface area (Å²) in [6.45, 7) is 2.41. The third kappa shape index (κ3) is 2.66. The fourth-order valence-corrected chi connectivity index (χ4v) is 4.62. The number of nitrogens with one attached hydrogen (secondary N) is 1. The number of methoxy groups -OCH3 is 1. The smallest absolute Gasteiger partial charge is 0.235 e. The van der Waals surface area contributed by atoms with Crippen molar-refractivity contribution in [2.24, 2.45) is 11.8 Å². The molecule has 1 aromatic heterocycles. The first kappa shape index (κ1) is 17.9. The van der Waals surface area contributed by atoms with Crippen LogP contribution in [-0.4, -0.2) is 42.3 Å². The van der Waals surface area contributed by atoms with Gasteiger partial charge in [0.2, 0.25) is 11.8 Å². The Kier molecular flexibility index (Phi) is 3.99. The fourth-order valence-electron chi connectivity index (χ4n) is 4.62. The fraction of sp³-hybridized carbons (Fsp3) is 0.381. The minimum atomic E-state index is -0.791. The molecule has 2 amide bonds. The van der Waals surface area contributed by atoms with Crippen molar-refractivity contribution < 1.29 is 23.6 Å². The molecule has 29 heavy (non-hydrogen) atoms. The number of aryl methyl sites for hydroxylation is 1. The third-order valence-electron chi connectivity index (χ3n) is 5.94. The Balaban J connectivity index is 1.37. The van der Waals surface area contributed by atoms with Gasteiger partial charge >= 0.3 is 0 Å². The van der Waals surface area contributed by atoms with E-state index >= 15 is 0 Å². The van der Waals surface area contributed by atoms with Crippen molar-refractivity contribution in [1.29, 1.82) is 0 Å². The van der Waals surface area contributed by atoms with Crippen LogP contribution >= 0.6 is 0 Å². The van der Waals surface area contributed by atoms with Crippen LogP contribution in [0.15, 0.2) is 47.0 Å². The van der Waals surface area contributed by atoms with Crippen LogP contribution in [0.3, 0.4) is 0 Å². The topological polar surface area (TPSA) is 93.9 Å². The summed E-state index contributed by atoms with van der Waals surface area (Å²) in [5, 5.41) is 6.91. The number of amides is 2.